The van der Waals surface area contributed by atoms with Crippen LogP contribution in [-0.4, -0.2) is 37.9 Å². The number of aromatic nitrogens is 1. The summed E-state index contributed by atoms with van der Waals surface area (Å²) in [6.07, 6.45) is 3.09. The maximum Gasteiger partial charge on any atom is 0.267 e. The number of H-pyrrole nitrogens is 1. The first-order valence-corrected chi connectivity index (χ1v) is 6.84. The second-order valence-electron chi connectivity index (χ2n) is 3.59. The van der Waals surface area contributed by atoms with E-state index in [0.717, 1.165) is 0 Å². The zero-order valence-corrected chi connectivity index (χ0v) is 9.80. The van der Waals surface area contributed by atoms with Gasteiger partial charge in [0.15, 0.2) is 0 Å². The third kappa shape index (κ3) is 4.35. The van der Waals surface area contributed by atoms with Crippen molar-refractivity contribution in [3.8, 4) is 0 Å². The molecule has 0 saturated carbocycles. The quantitative estimate of drug-likeness (QED) is 0.623. The first kappa shape index (κ1) is 12.6. The average molecular weight is 245 g/mol. The molecule has 1 heterocycles. The summed E-state index contributed by atoms with van der Waals surface area (Å²) in [6, 6.07) is 1.52. The highest BCUT2D eigenvalue weighted by Gasteiger charge is 2.07. The van der Waals surface area contributed by atoms with Gasteiger partial charge in [-0.05, 0) is 12.5 Å². The molecule has 0 bridgehead atoms. The van der Waals surface area contributed by atoms with Gasteiger partial charge < -0.3 is 16.0 Å². The van der Waals surface area contributed by atoms with E-state index >= 15 is 0 Å². The standard InChI is InChI=1S/C9H15N3O3S/c1-16(14,15)4-2-3-11-9(13)8-5-7(10)6-12-8/h5-6,12H,2-4,10H2,1H3,(H,11,13). The Labute approximate surface area is 94.1 Å². The van der Waals surface area contributed by atoms with E-state index in [4.69, 9.17) is 5.73 Å². The Kier molecular flexibility index (Phi) is 3.94. The van der Waals surface area contributed by atoms with Crippen molar-refractivity contribution in [1.29, 1.82) is 0 Å². The molecule has 0 radical (unpaired) electrons. The number of nitrogens with two attached hydrogens (primary N) is 1. The molecule has 0 atom stereocenters. The van der Waals surface area contributed by atoms with Crippen molar-refractivity contribution in [2.75, 3.05) is 24.3 Å². The zero-order valence-electron chi connectivity index (χ0n) is 8.99. The highest BCUT2D eigenvalue weighted by molar-refractivity contribution is 7.90. The highest BCUT2D eigenvalue weighted by atomic mass is 32.2. The van der Waals surface area contributed by atoms with Gasteiger partial charge in [0.2, 0.25) is 0 Å². The van der Waals surface area contributed by atoms with E-state index in [1.54, 1.807) is 0 Å². The predicted molar refractivity (Wildman–Crippen MR) is 61.9 cm³/mol. The van der Waals surface area contributed by atoms with E-state index in [1.165, 1.54) is 18.5 Å². The SMILES string of the molecule is CS(=O)(=O)CCCNC(=O)c1cc(N)c[nH]1. The van der Waals surface area contributed by atoms with Crippen LogP contribution in [0.4, 0.5) is 5.69 Å². The Morgan fingerprint density at radius 2 is 2.25 bits per heavy atom. The lowest BCUT2D eigenvalue weighted by molar-refractivity contribution is 0.0949. The fraction of sp³-hybridized carbons (Fsp3) is 0.444. The monoisotopic (exact) mass is 245 g/mol. The molecule has 4 N–H and O–H groups in total. The van der Waals surface area contributed by atoms with Crippen LogP contribution < -0.4 is 11.1 Å². The maximum atomic E-state index is 11.4. The zero-order chi connectivity index (χ0) is 12.2. The molecule has 0 spiro atoms. The summed E-state index contributed by atoms with van der Waals surface area (Å²) in [5.74, 6) is -0.217. The number of carbonyl (C=O) groups is 1. The molecule has 0 saturated heterocycles. The smallest absolute Gasteiger partial charge is 0.267 e. The van der Waals surface area contributed by atoms with E-state index in [0.29, 0.717) is 24.3 Å². The third-order valence-electron chi connectivity index (χ3n) is 1.93. The molecular formula is C9H15N3O3S. The van der Waals surface area contributed by atoms with Crippen molar-refractivity contribution in [3.05, 3.63) is 18.0 Å². The number of anilines is 1. The van der Waals surface area contributed by atoms with Crippen LogP contribution in [0.3, 0.4) is 0 Å². The first-order valence-electron chi connectivity index (χ1n) is 4.78. The Balaban J connectivity index is 2.31. The molecule has 16 heavy (non-hydrogen) atoms. The third-order valence-corrected chi connectivity index (χ3v) is 2.96. The number of aromatic amines is 1. The van der Waals surface area contributed by atoms with Crippen LogP contribution in [-0.2, 0) is 9.84 Å². The van der Waals surface area contributed by atoms with Gasteiger partial charge in [-0.3, -0.25) is 4.79 Å². The molecule has 1 aromatic heterocycles. The van der Waals surface area contributed by atoms with Gasteiger partial charge in [-0.15, -0.1) is 0 Å². The van der Waals surface area contributed by atoms with Crippen LogP contribution in [0.5, 0.6) is 0 Å². The minimum absolute atomic E-state index is 0.0696. The molecule has 1 aromatic rings. The van der Waals surface area contributed by atoms with Crippen molar-refractivity contribution in [2.24, 2.45) is 0 Å². The van der Waals surface area contributed by atoms with Crippen LogP contribution in [0.1, 0.15) is 16.9 Å². The summed E-state index contributed by atoms with van der Waals surface area (Å²) in [7, 11) is -2.96. The molecule has 0 aliphatic rings. The summed E-state index contributed by atoms with van der Waals surface area (Å²) in [5.41, 5.74) is 6.30. The summed E-state index contributed by atoms with van der Waals surface area (Å²) < 4.78 is 21.6. The maximum absolute atomic E-state index is 11.4. The van der Waals surface area contributed by atoms with E-state index < -0.39 is 9.84 Å². The van der Waals surface area contributed by atoms with Gasteiger partial charge >= 0.3 is 0 Å². The minimum atomic E-state index is -2.96. The summed E-state index contributed by atoms with van der Waals surface area (Å²) >= 11 is 0. The molecule has 0 fully saturated rings. The Hall–Kier alpha value is -1.50. The lowest BCUT2D eigenvalue weighted by atomic mass is 10.3. The summed E-state index contributed by atoms with van der Waals surface area (Å²) in [5, 5.41) is 2.59. The Morgan fingerprint density at radius 3 is 2.75 bits per heavy atom. The van der Waals surface area contributed by atoms with Crippen LogP contribution in [0.2, 0.25) is 0 Å². The van der Waals surface area contributed by atoms with E-state index in [1.807, 2.05) is 0 Å². The number of amides is 1. The fourth-order valence-electron chi connectivity index (χ4n) is 1.17. The first-order chi connectivity index (χ1) is 7.38. The van der Waals surface area contributed by atoms with Gasteiger partial charge in [0.05, 0.1) is 5.75 Å². The number of nitrogen functional groups attached to an aromatic ring is 1. The predicted octanol–water partition coefficient (Wildman–Crippen LogP) is -0.239. The Morgan fingerprint density at radius 1 is 1.56 bits per heavy atom. The van der Waals surface area contributed by atoms with Crippen LogP contribution >= 0.6 is 0 Å². The van der Waals surface area contributed by atoms with Crippen LogP contribution in [0.15, 0.2) is 12.3 Å². The molecule has 6 nitrogen and oxygen atoms in total. The summed E-state index contributed by atoms with van der Waals surface area (Å²) in [4.78, 5) is 14.1. The number of nitrogens with one attached hydrogen (secondary N) is 2. The fourth-order valence-corrected chi connectivity index (χ4v) is 1.84. The second kappa shape index (κ2) is 5.02. The van der Waals surface area contributed by atoms with Crippen molar-refractivity contribution >= 4 is 21.4 Å². The molecule has 1 amide bonds. The topological polar surface area (TPSA) is 105 Å². The lowest BCUT2D eigenvalue weighted by Crippen LogP contribution is -2.26. The lowest BCUT2D eigenvalue weighted by Gasteiger charge is -2.02. The number of hydrogen-bond donors (Lipinski definition) is 3. The van der Waals surface area contributed by atoms with E-state index in [2.05, 4.69) is 10.3 Å². The average Bonchev–Trinajstić information content (AvgIpc) is 2.57. The minimum Gasteiger partial charge on any atom is -0.397 e. The molecule has 0 aliphatic heterocycles. The van der Waals surface area contributed by atoms with E-state index in [9.17, 15) is 13.2 Å². The number of carbonyl (C=O) groups excluding carboxylic acids is 1. The highest BCUT2D eigenvalue weighted by Crippen LogP contribution is 2.03. The van der Waals surface area contributed by atoms with Gasteiger partial charge in [-0.2, -0.15) is 0 Å². The van der Waals surface area contributed by atoms with Crippen molar-refractivity contribution in [1.82, 2.24) is 10.3 Å². The summed E-state index contributed by atoms with van der Waals surface area (Å²) in [6.45, 7) is 0.324. The van der Waals surface area contributed by atoms with Gasteiger partial charge in [-0.25, -0.2) is 8.42 Å². The number of rotatable bonds is 5. The number of sulfone groups is 1. The molecule has 7 heteroatoms. The number of hydrogen-bond acceptors (Lipinski definition) is 4. The van der Waals surface area contributed by atoms with Crippen molar-refractivity contribution in [3.63, 3.8) is 0 Å². The van der Waals surface area contributed by atoms with Crippen molar-refractivity contribution < 1.29 is 13.2 Å². The normalized spacial score (nSPS) is 11.3. The van der Waals surface area contributed by atoms with E-state index in [-0.39, 0.29) is 11.7 Å². The molecule has 1 rings (SSSR count). The second-order valence-corrected chi connectivity index (χ2v) is 5.85. The largest absolute Gasteiger partial charge is 0.397 e. The van der Waals surface area contributed by atoms with Crippen LogP contribution in [0.25, 0.3) is 0 Å². The van der Waals surface area contributed by atoms with Gasteiger partial charge in [0.1, 0.15) is 15.5 Å². The molecular weight excluding hydrogens is 230 g/mol. The van der Waals surface area contributed by atoms with Gasteiger partial charge in [0, 0.05) is 24.7 Å². The van der Waals surface area contributed by atoms with Gasteiger partial charge in [-0.1, -0.05) is 0 Å². The van der Waals surface area contributed by atoms with Crippen molar-refractivity contribution in [2.45, 2.75) is 6.42 Å². The molecule has 0 aliphatic carbocycles. The van der Waals surface area contributed by atoms with Gasteiger partial charge in [0.25, 0.3) is 5.91 Å². The molecule has 90 valence electrons. The molecule has 0 unspecified atom stereocenters. The Bertz CT molecular complexity index is 464. The molecule has 0 aromatic carbocycles. The van der Waals surface area contributed by atoms with Crippen LogP contribution in [0, 0.1) is 0 Å².